The van der Waals surface area contributed by atoms with Crippen molar-refractivity contribution in [3.8, 4) is 0 Å². The Balaban J connectivity index is 1.96. The number of benzene rings is 1. The minimum atomic E-state index is -2.03. The number of carboxylic acids is 1. The molecule has 9 heteroatoms. The number of aryl methyl sites for hydroxylation is 1. The number of aliphatic hydroxyl groups is 1. The Morgan fingerprint density at radius 3 is 2.56 bits per heavy atom. The standard InChI is InChI=1S/C16H18N4O4S/c1-10-8-11(25-15-17-6-3-7-18-15)4-5-12(10)20-14(23)19-9-16(2,24)13(21)22/h3-8,24H,9H2,1-2H3,(H,21,22)(H2,19,20,23). The monoisotopic (exact) mass is 362 g/mol. The van der Waals surface area contributed by atoms with Crippen LogP contribution in [0.1, 0.15) is 12.5 Å². The Kier molecular flexibility index (Phi) is 5.94. The smallest absolute Gasteiger partial charge is 0.337 e. The summed E-state index contributed by atoms with van der Waals surface area (Å²) in [4.78, 5) is 31.9. The van der Waals surface area contributed by atoms with Crippen molar-refractivity contribution in [3.63, 3.8) is 0 Å². The average Bonchev–Trinajstić information content (AvgIpc) is 2.56. The first kappa shape index (κ1) is 18.7. The highest BCUT2D eigenvalue weighted by Crippen LogP contribution is 2.27. The summed E-state index contributed by atoms with van der Waals surface area (Å²) in [7, 11) is 0. The second-order valence-electron chi connectivity index (χ2n) is 5.50. The number of nitrogens with one attached hydrogen (secondary N) is 2. The Hall–Kier alpha value is -2.65. The molecule has 0 aliphatic carbocycles. The quantitative estimate of drug-likeness (QED) is 0.578. The number of urea groups is 1. The van der Waals surface area contributed by atoms with Crippen molar-refractivity contribution in [2.45, 2.75) is 29.5 Å². The summed E-state index contributed by atoms with van der Waals surface area (Å²) in [6.07, 6.45) is 3.32. The van der Waals surface area contributed by atoms with E-state index in [2.05, 4.69) is 20.6 Å². The highest BCUT2D eigenvalue weighted by atomic mass is 32.2. The normalized spacial score (nSPS) is 12.9. The molecule has 132 valence electrons. The highest BCUT2D eigenvalue weighted by molar-refractivity contribution is 7.99. The Morgan fingerprint density at radius 2 is 1.96 bits per heavy atom. The summed E-state index contributed by atoms with van der Waals surface area (Å²) in [6, 6.07) is 6.57. The molecule has 2 amide bonds. The van der Waals surface area contributed by atoms with Gasteiger partial charge in [0.25, 0.3) is 0 Å². The van der Waals surface area contributed by atoms with Gasteiger partial charge in [0.15, 0.2) is 10.8 Å². The second-order valence-corrected chi connectivity index (χ2v) is 6.54. The maximum Gasteiger partial charge on any atom is 0.337 e. The molecule has 0 fully saturated rings. The zero-order valence-electron chi connectivity index (χ0n) is 13.7. The van der Waals surface area contributed by atoms with Gasteiger partial charge in [-0.05, 0) is 55.4 Å². The SMILES string of the molecule is Cc1cc(Sc2ncccn2)ccc1NC(=O)NCC(C)(O)C(=O)O. The molecule has 1 aromatic heterocycles. The van der Waals surface area contributed by atoms with Crippen LogP contribution in [0.4, 0.5) is 10.5 Å². The molecule has 2 rings (SSSR count). The predicted molar refractivity (Wildman–Crippen MR) is 92.6 cm³/mol. The molecule has 2 aromatic rings. The molecule has 0 bridgehead atoms. The van der Waals surface area contributed by atoms with E-state index in [1.165, 1.54) is 11.8 Å². The number of aliphatic carboxylic acids is 1. The van der Waals surface area contributed by atoms with Gasteiger partial charge in [-0.15, -0.1) is 0 Å². The minimum Gasteiger partial charge on any atom is -0.479 e. The third-order valence-corrected chi connectivity index (χ3v) is 4.13. The van der Waals surface area contributed by atoms with Crippen molar-refractivity contribution in [1.82, 2.24) is 15.3 Å². The summed E-state index contributed by atoms with van der Waals surface area (Å²) < 4.78 is 0. The van der Waals surface area contributed by atoms with Gasteiger partial charge in [-0.3, -0.25) is 0 Å². The molecule has 4 N–H and O–H groups in total. The topological polar surface area (TPSA) is 124 Å². The van der Waals surface area contributed by atoms with Crippen LogP contribution >= 0.6 is 11.8 Å². The summed E-state index contributed by atoms with van der Waals surface area (Å²) in [5.41, 5.74) is -0.630. The van der Waals surface area contributed by atoms with Crippen LogP contribution in [-0.2, 0) is 4.79 Å². The van der Waals surface area contributed by atoms with E-state index in [0.29, 0.717) is 10.8 Å². The molecule has 0 aliphatic rings. The van der Waals surface area contributed by atoms with E-state index in [-0.39, 0.29) is 0 Å². The molecule has 1 unspecified atom stereocenters. The number of anilines is 1. The van der Waals surface area contributed by atoms with E-state index < -0.39 is 24.1 Å². The number of carbonyl (C=O) groups excluding carboxylic acids is 1. The average molecular weight is 362 g/mol. The fourth-order valence-electron chi connectivity index (χ4n) is 1.78. The maximum absolute atomic E-state index is 11.9. The van der Waals surface area contributed by atoms with E-state index in [1.807, 2.05) is 19.1 Å². The van der Waals surface area contributed by atoms with Crippen molar-refractivity contribution in [2.75, 3.05) is 11.9 Å². The van der Waals surface area contributed by atoms with Gasteiger partial charge in [-0.2, -0.15) is 0 Å². The number of rotatable bonds is 6. The molecule has 8 nitrogen and oxygen atoms in total. The first-order valence-corrected chi connectivity index (χ1v) is 8.16. The molecular weight excluding hydrogens is 344 g/mol. The van der Waals surface area contributed by atoms with Crippen LogP contribution in [0.5, 0.6) is 0 Å². The first-order valence-electron chi connectivity index (χ1n) is 7.34. The summed E-state index contributed by atoms with van der Waals surface area (Å²) in [5, 5.41) is 24.0. The number of hydrogen-bond acceptors (Lipinski definition) is 6. The number of aromatic nitrogens is 2. The minimum absolute atomic E-state index is 0.410. The van der Waals surface area contributed by atoms with E-state index >= 15 is 0 Å². The van der Waals surface area contributed by atoms with Gasteiger partial charge in [0.05, 0.1) is 6.54 Å². The van der Waals surface area contributed by atoms with Crippen LogP contribution in [0.15, 0.2) is 46.7 Å². The number of nitrogens with zero attached hydrogens (tertiary/aromatic N) is 2. The van der Waals surface area contributed by atoms with Gasteiger partial charge >= 0.3 is 12.0 Å². The molecule has 0 radical (unpaired) electrons. The molecule has 0 spiro atoms. The maximum atomic E-state index is 11.9. The summed E-state index contributed by atoms with van der Waals surface area (Å²) >= 11 is 1.40. The van der Waals surface area contributed by atoms with Crippen LogP contribution in [0, 0.1) is 6.92 Å². The van der Waals surface area contributed by atoms with Crippen LogP contribution in [0.3, 0.4) is 0 Å². The summed E-state index contributed by atoms with van der Waals surface area (Å²) in [6.45, 7) is 2.53. The molecule has 0 saturated heterocycles. The van der Waals surface area contributed by atoms with Crippen LogP contribution in [-0.4, -0.2) is 44.3 Å². The predicted octanol–water partition coefficient (Wildman–Crippen LogP) is 1.89. The number of carboxylic acid groups (broad SMARTS) is 1. The lowest BCUT2D eigenvalue weighted by Gasteiger charge is -2.18. The van der Waals surface area contributed by atoms with Gasteiger partial charge in [0.1, 0.15) is 0 Å². The molecule has 0 saturated carbocycles. The third kappa shape index (κ3) is 5.44. The van der Waals surface area contributed by atoms with Gasteiger partial charge < -0.3 is 20.8 Å². The number of amides is 2. The van der Waals surface area contributed by atoms with Crippen molar-refractivity contribution < 1.29 is 19.8 Å². The number of carbonyl (C=O) groups is 2. The van der Waals surface area contributed by atoms with Crippen LogP contribution < -0.4 is 10.6 Å². The largest absolute Gasteiger partial charge is 0.479 e. The van der Waals surface area contributed by atoms with Crippen molar-refractivity contribution in [3.05, 3.63) is 42.2 Å². The molecular formula is C16H18N4O4S. The molecule has 25 heavy (non-hydrogen) atoms. The highest BCUT2D eigenvalue weighted by Gasteiger charge is 2.30. The lowest BCUT2D eigenvalue weighted by molar-refractivity contribution is -0.155. The fourth-order valence-corrected chi connectivity index (χ4v) is 2.59. The van der Waals surface area contributed by atoms with E-state index in [1.54, 1.807) is 24.5 Å². The Labute approximate surface area is 148 Å². The van der Waals surface area contributed by atoms with E-state index in [0.717, 1.165) is 17.4 Å². The van der Waals surface area contributed by atoms with Gasteiger partial charge in [-0.25, -0.2) is 19.6 Å². The lowest BCUT2D eigenvalue weighted by atomic mass is 10.1. The Bertz CT molecular complexity index is 768. The fraction of sp³-hybridized carbons (Fsp3) is 0.250. The van der Waals surface area contributed by atoms with Crippen LogP contribution in [0.25, 0.3) is 0 Å². The zero-order chi connectivity index (χ0) is 18.4. The van der Waals surface area contributed by atoms with Crippen molar-refractivity contribution >= 4 is 29.4 Å². The van der Waals surface area contributed by atoms with Crippen molar-refractivity contribution in [2.24, 2.45) is 0 Å². The van der Waals surface area contributed by atoms with E-state index in [9.17, 15) is 14.7 Å². The summed E-state index contributed by atoms with van der Waals surface area (Å²) in [5.74, 6) is -1.41. The van der Waals surface area contributed by atoms with Crippen molar-refractivity contribution in [1.29, 1.82) is 0 Å². The van der Waals surface area contributed by atoms with Gasteiger partial charge in [0, 0.05) is 23.0 Å². The second kappa shape index (κ2) is 7.95. The molecule has 1 atom stereocenters. The van der Waals surface area contributed by atoms with E-state index in [4.69, 9.17) is 5.11 Å². The lowest BCUT2D eigenvalue weighted by Crippen LogP contribution is -2.47. The third-order valence-electron chi connectivity index (χ3n) is 3.25. The van der Waals surface area contributed by atoms with Gasteiger partial charge in [0.2, 0.25) is 0 Å². The first-order chi connectivity index (χ1) is 11.8. The zero-order valence-corrected chi connectivity index (χ0v) is 14.5. The molecule has 1 aromatic carbocycles. The van der Waals surface area contributed by atoms with Gasteiger partial charge in [-0.1, -0.05) is 0 Å². The molecule has 0 aliphatic heterocycles. The van der Waals surface area contributed by atoms with Crippen LogP contribution in [0.2, 0.25) is 0 Å². The molecule has 1 heterocycles. The number of hydrogen-bond donors (Lipinski definition) is 4. The Morgan fingerprint density at radius 1 is 1.28 bits per heavy atom.